The fraction of sp³-hybridized carbons (Fsp3) is 0.294. The van der Waals surface area contributed by atoms with Gasteiger partial charge in [0.15, 0.2) is 5.82 Å². The summed E-state index contributed by atoms with van der Waals surface area (Å²) in [5.41, 5.74) is 4.44. The highest BCUT2D eigenvalue weighted by molar-refractivity contribution is 5.96. The van der Waals surface area contributed by atoms with Gasteiger partial charge < -0.3 is 20.3 Å². The lowest BCUT2D eigenvalue weighted by atomic mass is 10.0. The molecule has 42 heavy (non-hydrogen) atoms. The van der Waals surface area contributed by atoms with E-state index in [9.17, 15) is 14.7 Å². The molecule has 1 aromatic heterocycles. The first-order valence-electron chi connectivity index (χ1n) is 14.3. The van der Waals surface area contributed by atoms with Gasteiger partial charge in [-0.2, -0.15) is 0 Å². The second-order valence-electron chi connectivity index (χ2n) is 10.2. The minimum absolute atomic E-state index is 0.119. The van der Waals surface area contributed by atoms with Crippen LogP contribution in [0.3, 0.4) is 0 Å². The largest absolute Gasteiger partial charge is 0.494 e. The van der Waals surface area contributed by atoms with Gasteiger partial charge in [0, 0.05) is 35.5 Å². The maximum atomic E-state index is 12.6. The molecule has 8 heteroatoms. The summed E-state index contributed by atoms with van der Waals surface area (Å²) in [6.07, 6.45) is 9.71. The van der Waals surface area contributed by atoms with Crippen LogP contribution in [0.25, 0.3) is 22.5 Å². The van der Waals surface area contributed by atoms with Crippen molar-refractivity contribution >= 4 is 11.9 Å². The summed E-state index contributed by atoms with van der Waals surface area (Å²) < 4.78 is 5.86. The van der Waals surface area contributed by atoms with Gasteiger partial charge in [-0.3, -0.25) is 4.79 Å². The highest BCUT2D eigenvalue weighted by Crippen LogP contribution is 2.24. The van der Waals surface area contributed by atoms with Crippen molar-refractivity contribution in [2.75, 3.05) is 6.61 Å². The van der Waals surface area contributed by atoms with Gasteiger partial charge in [-0.05, 0) is 47.4 Å². The van der Waals surface area contributed by atoms with Crippen molar-refractivity contribution < 1.29 is 24.5 Å². The summed E-state index contributed by atoms with van der Waals surface area (Å²) in [7, 11) is 0. The van der Waals surface area contributed by atoms with E-state index < -0.39 is 17.9 Å². The first-order chi connectivity index (χ1) is 20.5. The molecular weight excluding hydrogens is 530 g/mol. The van der Waals surface area contributed by atoms with Crippen LogP contribution in [0.4, 0.5) is 0 Å². The highest BCUT2D eigenvalue weighted by atomic mass is 16.5. The zero-order valence-electron chi connectivity index (χ0n) is 23.8. The summed E-state index contributed by atoms with van der Waals surface area (Å²) in [4.78, 5) is 33.5. The Bertz CT molecular complexity index is 1420. The van der Waals surface area contributed by atoms with E-state index in [1.165, 1.54) is 25.7 Å². The first-order valence-corrected chi connectivity index (χ1v) is 14.3. The van der Waals surface area contributed by atoms with Gasteiger partial charge in [0.25, 0.3) is 5.91 Å². The zero-order chi connectivity index (χ0) is 29.7. The number of rotatable bonds is 15. The van der Waals surface area contributed by atoms with Crippen LogP contribution in [0.5, 0.6) is 5.75 Å². The number of hydrogen-bond acceptors (Lipinski definition) is 6. The maximum Gasteiger partial charge on any atom is 0.326 e. The number of aliphatic hydroxyl groups excluding tert-OH is 1. The van der Waals surface area contributed by atoms with E-state index in [2.05, 4.69) is 22.2 Å². The summed E-state index contributed by atoms with van der Waals surface area (Å²) in [5.74, 6) is -0.201. The molecule has 0 radical (unpaired) electrons. The number of carbonyl (C=O) groups is 2. The lowest BCUT2D eigenvalue weighted by molar-refractivity contribution is -0.139. The lowest BCUT2D eigenvalue weighted by Crippen LogP contribution is -2.42. The molecule has 0 aliphatic rings. The van der Waals surface area contributed by atoms with Crippen molar-refractivity contribution in [2.24, 2.45) is 0 Å². The number of aromatic nitrogens is 2. The van der Waals surface area contributed by atoms with E-state index in [0.29, 0.717) is 17.0 Å². The molecule has 3 N–H and O–H groups in total. The van der Waals surface area contributed by atoms with Gasteiger partial charge in [0.05, 0.1) is 13.2 Å². The van der Waals surface area contributed by atoms with Crippen molar-refractivity contribution in [2.45, 2.75) is 58.1 Å². The SMILES string of the molecule is CCCCCCCOc1ccc(-c2cnc(-c3ccc(CC(NC(=O)c4ccc(CO)cc4)C(=O)O)cc3)nc2)cc1. The number of nitrogens with one attached hydrogen (secondary N) is 1. The van der Waals surface area contributed by atoms with Crippen LogP contribution in [-0.2, 0) is 17.8 Å². The molecule has 1 heterocycles. The number of aliphatic carboxylic acids is 1. The number of carboxylic acid groups (broad SMARTS) is 1. The van der Waals surface area contributed by atoms with Crippen molar-refractivity contribution in [1.82, 2.24) is 15.3 Å². The average Bonchev–Trinajstić information content (AvgIpc) is 3.03. The molecule has 0 fully saturated rings. The van der Waals surface area contributed by atoms with E-state index in [-0.39, 0.29) is 13.0 Å². The first kappa shape index (κ1) is 30.4. The number of unbranched alkanes of at least 4 members (excludes halogenated alkanes) is 4. The number of ether oxygens (including phenoxy) is 1. The zero-order valence-corrected chi connectivity index (χ0v) is 23.8. The number of hydrogen-bond donors (Lipinski definition) is 3. The van der Waals surface area contributed by atoms with Crippen molar-refractivity contribution in [3.05, 3.63) is 102 Å². The van der Waals surface area contributed by atoms with Crippen molar-refractivity contribution in [3.8, 4) is 28.3 Å². The van der Waals surface area contributed by atoms with Crippen LogP contribution >= 0.6 is 0 Å². The minimum Gasteiger partial charge on any atom is -0.494 e. The minimum atomic E-state index is -1.12. The number of benzene rings is 3. The van der Waals surface area contributed by atoms with E-state index in [1.807, 2.05) is 48.5 Å². The second-order valence-corrected chi connectivity index (χ2v) is 10.2. The normalized spacial score (nSPS) is 11.6. The molecule has 0 bridgehead atoms. The molecule has 0 aliphatic carbocycles. The number of aliphatic hydroxyl groups is 1. The second kappa shape index (κ2) is 15.4. The van der Waals surface area contributed by atoms with Gasteiger partial charge in [0.1, 0.15) is 11.8 Å². The Labute approximate surface area is 246 Å². The topological polar surface area (TPSA) is 122 Å². The molecular formula is C34H37N3O5. The average molecular weight is 568 g/mol. The monoisotopic (exact) mass is 567 g/mol. The highest BCUT2D eigenvalue weighted by Gasteiger charge is 2.21. The summed E-state index contributed by atoms with van der Waals surface area (Å²) in [6, 6.07) is 20.5. The predicted octanol–water partition coefficient (Wildman–Crippen LogP) is 6.08. The molecule has 8 nitrogen and oxygen atoms in total. The maximum absolute atomic E-state index is 12.6. The van der Waals surface area contributed by atoms with Crippen LogP contribution in [0.1, 0.15) is 60.5 Å². The van der Waals surface area contributed by atoms with Crippen LogP contribution in [0.2, 0.25) is 0 Å². The summed E-state index contributed by atoms with van der Waals surface area (Å²) in [6.45, 7) is 2.81. The quantitative estimate of drug-likeness (QED) is 0.149. The van der Waals surface area contributed by atoms with Gasteiger partial charge >= 0.3 is 5.97 Å². The van der Waals surface area contributed by atoms with Gasteiger partial charge in [-0.1, -0.05) is 81.1 Å². The van der Waals surface area contributed by atoms with Crippen LogP contribution < -0.4 is 10.1 Å². The number of nitrogens with zero attached hydrogens (tertiary/aromatic N) is 2. The smallest absolute Gasteiger partial charge is 0.326 e. The van der Waals surface area contributed by atoms with E-state index in [1.54, 1.807) is 36.7 Å². The fourth-order valence-corrected chi connectivity index (χ4v) is 4.49. The van der Waals surface area contributed by atoms with Crippen LogP contribution in [-0.4, -0.2) is 44.7 Å². The number of amides is 1. The standard InChI is InChI=1S/C34H37N3O5/c1-2-3-4-5-6-19-42-30-17-15-26(16-18-30)29-21-35-32(36-22-29)27-11-7-24(8-12-27)20-31(34(40)41)37-33(39)28-13-9-25(23-38)10-14-28/h7-18,21-22,31,38H,2-6,19-20,23H2,1H3,(H,37,39)(H,40,41). The third kappa shape index (κ3) is 8.72. The Kier molecular flexibility index (Phi) is 11.2. The third-order valence-corrected chi connectivity index (χ3v) is 7.01. The van der Waals surface area contributed by atoms with Crippen molar-refractivity contribution in [1.29, 1.82) is 0 Å². The molecule has 1 atom stereocenters. The Balaban J connectivity index is 1.32. The molecule has 1 amide bonds. The lowest BCUT2D eigenvalue weighted by Gasteiger charge is -2.15. The summed E-state index contributed by atoms with van der Waals surface area (Å²) in [5, 5.41) is 21.4. The molecule has 4 rings (SSSR count). The Morgan fingerprint density at radius 3 is 2.02 bits per heavy atom. The van der Waals surface area contributed by atoms with E-state index >= 15 is 0 Å². The van der Waals surface area contributed by atoms with Crippen LogP contribution in [0.15, 0.2) is 85.2 Å². The third-order valence-electron chi connectivity index (χ3n) is 7.01. The number of carbonyl (C=O) groups excluding carboxylic acids is 1. The van der Waals surface area contributed by atoms with E-state index in [0.717, 1.165) is 41.0 Å². The van der Waals surface area contributed by atoms with E-state index in [4.69, 9.17) is 9.84 Å². The number of carboxylic acids is 1. The predicted molar refractivity (Wildman–Crippen MR) is 162 cm³/mol. The fourth-order valence-electron chi connectivity index (χ4n) is 4.49. The van der Waals surface area contributed by atoms with Crippen LogP contribution in [0, 0.1) is 0 Å². The molecule has 218 valence electrons. The molecule has 4 aromatic rings. The van der Waals surface area contributed by atoms with Crippen molar-refractivity contribution in [3.63, 3.8) is 0 Å². The van der Waals surface area contributed by atoms with Gasteiger partial charge in [-0.15, -0.1) is 0 Å². The molecule has 0 spiro atoms. The molecule has 0 saturated heterocycles. The Morgan fingerprint density at radius 2 is 1.40 bits per heavy atom. The summed E-state index contributed by atoms with van der Waals surface area (Å²) >= 11 is 0. The van der Waals surface area contributed by atoms with Gasteiger partial charge in [-0.25, -0.2) is 14.8 Å². The molecule has 1 unspecified atom stereocenters. The molecule has 0 saturated carbocycles. The molecule has 0 aliphatic heterocycles. The molecule has 3 aromatic carbocycles. The van der Waals surface area contributed by atoms with Gasteiger partial charge in [0.2, 0.25) is 0 Å². The Hall–Kier alpha value is -4.56. The Morgan fingerprint density at radius 1 is 0.786 bits per heavy atom.